The second-order valence-corrected chi connectivity index (χ2v) is 7.21. The summed E-state index contributed by atoms with van der Waals surface area (Å²) >= 11 is 1.52. The van der Waals surface area contributed by atoms with E-state index in [1.807, 2.05) is 54.6 Å². The molecule has 3 rings (SSSR count). The van der Waals surface area contributed by atoms with E-state index in [-0.39, 0.29) is 11.2 Å². The molecule has 28 heavy (non-hydrogen) atoms. The van der Waals surface area contributed by atoms with Crippen LogP contribution in [-0.2, 0) is 4.79 Å². The van der Waals surface area contributed by atoms with Gasteiger partial charge in [-0.2, -0.15) is 0 Å². The number of hydrogen-bond donors (Lipinski definition) is 1. The normalized spacial score (nSPS) is 11.6. The molecule has 0 bridgehead atoms. The summed E-state index contributed by atoms with van der Waals surface area (Å²) in [5.74, 6) is 3.11. The van der Waals surface area contributed by atoms with Crippen LogP contribution in [0.3, 0.4) is 0 Å². The maximum absolute atomic E-state index is 12.8. The molecule has 1 unspecified atom stereocenters. The third-order valence-corrected chi connectivity index (χ3v) is 5.14. The molecule has 0 spiro atoms. The number of hydrogen-bond acceptors (Lipinski definition) is 6. The molecule has 1 amide bonds. The average Bonchev–Trinajstić information content (AvgIpc) is 3.13. The number of aryl methyl sites for hydroxylation is 1. The highest BCUT2D eigenvalue weighted by atomic mass is 32.2. The van der Waals surface area contributed by atoms with E-state index in [4.69, 9.17) is 14.0 Å². The van der Waals surface area contributed by atoms with Gasteiger partial charge in [0.25, 0.3) is 0 Å². The Morgan fingerprint density at radius 3 is 2.50 bits per heavy atom. The summed E-state index contributed by atoms with van der Waals surface area (Å²) in [6.45, 7) is 2.26. The second-order valence-electron chi connectivity index (χ2n) is 6.00. The fourth-order valence-electron chi connectivity index (χ4n) is 2.57. The zero-order chi connectivity index (χ0) is 19.8. The third-order valence-electron chi connectivity index (χ3n) is 3.92. The number of ether oxygens (including phenoxy) is 2. The molecule has 146 valence electrons. The van der Waals surface area contributed by atoms with Crippen molar-refractivity contribution in [2.45, 2.75) is 12.2 Å². The molecular weight excluding hydrogens is 376 g/mol. The molecule has 0 aliphatic rings. The maximum atomic E-state index is 12.8. The number of anilines is 1. The van der Waals surface area contributed by atoms with Crippen molar-refractivity contribution >= 4 is 23.5 Å². The molecule has 1 N–H and O–H groups in total. The Morgan fingerprint density at radius 2 is 1.86 bits per heavy atom. The van der Waals surface area contributed by atoms with Crippen LogP contribution in [0.1, 0.15) is 16.6 Å². The molecule has 0 aliphatic carbocycles. The number of thioether (sulfide) groups is 1. The Morgan fingerprint density at radius 1 is 1.14 bits per heavy atom. The molecule has 0 saturated carbocycles. The fourth-order valence-corrected chi connectivity index (χ4v) is 3.54. The molecule has 6 nitrogen and oxygen atoms in total. The summed E-state index contributed by atoms with van der Waals surface area (Å²) in [7, 11) is 1.63. The molecular formula is C21H22N2O4S. The van der Waals surface area contributed by atoms with Crippen LogP contribution in [0.2, 0.25) is 0 Å². The molecule has 1 heterocycles. The van der Waals surface area contributed by atoms with E-state index in [9.17, 15) is 4.79 Å². The molecule has 1 aromatic heterocycles. The third kappa shape index (κ3) is 5.53. The Labute approximate surface area is 168 Å². The lowest BCUT2D eigenvalue weighted by atomic mass is 10.1. The van der Waals surface area contributed by atoms with Crippen molar-refractivity contribution in [3.8, 4) is 11.5 Å². The lowest BCUT2D eigenvalue weighted by Gasteiger charge is -2.16. The van der Waals surface area contributed by atoms with Crippen molar-refractivity contribution in [3.05, 3.63) is 72.0 Å². The number of amides is 1. The second kappa shape index (κ2) is 9.85. The van der Waals surface area contributed by atoms with E-state index in [1.54, 1.807) is 20.1 Å². The Hall–Kier alpha value is -2.93. The quantitative estimate of drug-likeness (QED) is 0.536. The summed E-state index contributed by atoms with van der Waals surface area (Å²) in [6, 6.07) is 18.8. The highest BCUT2D eigenvalue weighted by molar-refractivity contribution is 8.00. The van der Waals surface area contributed by atoms with Crippen LogP contribution < -0.4 is 14.8 Å². The monoisotopic (exact) mass is 398 g/mol. The number of carbonyl (C=O) groups excluding carboxylic acids is 1. The molecule has 0 radical (unpaired) electrons. The topological polar surface area (TPSA) is 73.6 Å². The van der Waals surface area contributed by atoms with Crippen molar-refractivity contribution in [1.29, 1.82) is 0 Å². The number of carbonyl (C=O) groups is 1. The van der Waals surface area contributed by atoms with E-state index in [0.29, 0.717) is 23.9 Å². The van der Waals surface area contributed by atoms with Gasteiger partial charge in [-0.15, -0.1) is 11.8 Å². The van der Waals surface area contributed by atoms with Gasteiger partial charge in [-0.25, -0.2) is 0 Å². The Kier molecular flexibility index (Phi) is 6.97. The summed E-state index contributed by atoms with van der Waals surface area (Å²) in [5, 5.41) is 6.27. The van der Waals surface area contributed by atoms with Gasteiger partial charge in [0.1, 0.15) is 22.5 Å². The van der Waals surface area contributed by atoms with Gasteiger partial charge in [-0.1, -0.05) is 35.5 Å². The van der Waals surface area contributed by atoms with Gasteiger partial charge in [-0.3, -0.25) is 4.79 Å². The highest BCUT2D eigenvalue weighted by Crippen LogP contribution is 2.30. The van der Waals surface area contributed by atoms with Gasteiger partial charge in [0, 0.05) is 11.8 Å². The largest absolute Gasteiger partial charge is 0.497 e. The van der Waals surface area contributed by atoms with E-state index in [1.165, 1.54) is 11.8 Å². The van der Waals surface area contributed by atoms with E-state index >= 15 is 0 Å². The smallest absolute Gasteiger partial charge is 0.243 e. The standard InChI is InChI=1S/C21H22N2O4S/c1-15-14-19(23-27-15)22-21(24)20(16-6-4-3-5-7-16)28-13-12-26-18-10-8-17(25-2)9-11-18/h3-11,14,20H,12-13H2,1-2H3,(H,22,23,24). The molecule has 3 aromatic rings. The molecule has 0 aliphatic heterocycles. The number of benzene rings is 2. The minimum atomic E-state index is -0.377. The molecule has 0 fully saturated rings. The van der Waals surface area contributed by atoms with Crippen molar-refractivity contribution < 1.29 is 18.8 Å². The minimum Gasteiger partial charge on any atom is -0.497 e. The highest BCUT2D eigenvalue weighted by Gasteiger charge is 2.22. The zero-order valence-corrected chi connectivity index (χ0v) is 16.6. The zero-order valence-electron chi connectivity index (χ0n) is 15.8. The van der Waals surface area contributed by atoms with Crippen molar-refractivity contribution in [2.75, 3.05) is 24.8 Å². The number of nitrogens with zero attached hydrogens (tertiary/aromatic N) is 1. The number of methoxy groups -OCH3 is 1. The number of nitrogens with one attached hydrogen (secondary N) is 1. The summed E-state index contributed by atoms with van der Waals surface area (Å²) in [4.78, 5) is 12.8. The van der Waals surface area contributed by atoms with Gasteiger partial charge >= 0.3 is 0 Å². The van der Waals surface area contributed by atoms with Crippen molar-refractivity contribution in [2.24, 2.45) is 0 Å². The van der Waals surface area contributed by atoms with Gasteiger partial charge in [0.2, 0.25) is 5.91 Å². The van der Waals surface area contributed by atoms with Crippen LogP contribution in [0.5, 0.6) is 11.5 Å². The summed E-state index contributed by atoms with van der Waals surface area (Å²) in [5.41, 5.74) is 0.926. The van der Waals surface area contributed by atoms with Gasteiger partial charge < -0.3 is 19.3 Å². The molecule has 0 saturated heterocycles. The van der Waals surface area contributed by atoms with Crippen LogP contribution in [-0.4, -0.2) is 30.5 Å². The SMILES string of the molecule is COc1ccc(OCCSC(C(=O)Nc2cc(C)on2)c2ccccc2)cc1. The van der Waals surface area contributed by atoms with Crippen LogP contribution in [0.25, 0.3) is 0 Å². The first-order valence-electron chi connectivity index (χ1n) is 8.83. The number of aromatic nitrogens is 1. The predicted octanol–water partition coefficient (Wildman–Crippen LogP) is 4.48. The molecule has 7 heteroatoms. The van der Waals surface area contributed by atoms with Gasteiger partial charge in [-0.05, 0) is 36.8 Å². The van der Waals surface area contributed by atoms with Crippen LogP contribution in [0.15, 0.2) is 65.2 Å². The molecule has 1 atom stereocenters. The van der Waals surface area contributed by atoms with E-state index in [0.717, 1.165) is 17.1 Å². The number of rotatable bonds is 9. The van der Waals surface area contributed by atoms with Gasteiger partial charge in [0.05, 0.1) is 13.7 Å². The van der Waals surface area contributed by atoms with Crippen LogP contribution >= 0.6 is 11.8 Å². The molecule has 2 aromatic carbocycles. The predicted molar refractivity (Wildman–Crippen MR) is 110 cm³/mol. The Bertz CT molecular complexity index is 881. The van der Waals surface area contributed by atoms with E-state index < -0.39 is 0 Å². The van der Waals surface area contributed by atoms with Crippen LogP contribution in [0.4, 0.5) is 5.82 Å². The first-order chi connectivity index (χ1) is 13.7. The Balaban J connectivity index is 1.58. The fraction of sp³-hybridized carbons (Fsp3) is 0.238. The average molecular weight is 398 g/mol. The van der Waals surface area contributed by atoms with Gasteiger partial charge in [0.15, 0.2) is 5.82 Å². The first kappa shape index (κ1) is 19.8. The minimum absolute atomic E-state index is 0.144. The van der Waals surface area contributed by atoms with Crippen LogP contribution in [0, 0.1) is 6.92 Å². The lowest BCUT2D eigenvalue weighted by Crippen LogP contribution is -2.20. The first-order valence-corrected chi connectivity index (χ1v) is 9.88. The van der Waals surface area contributed by atoms with E-state index in [2.05, 4.69) is 10.5 Å². The maximum Gasteiger partial charge on any atom is 0.243 e. The van der Waals surface area contributed by atoms with Crippen molar-refractivity contribution in [3.63, 3.8) is 0 Å². The summed E-state index contributed by atoms with van der Waals surface area (Å²) in [6.07, 6.45) is 0. The van der Waals surface area contributed by atoms with Crippen molar-refractivity contribution in [1.82, 2.24) is 5.16 Å². The summed E-state index contributed by atoms with van der Waals surface area (Å²) < 4.78 is 15.9. The lowest BCUT2D eigenvalue weighted by molar-refractivity contribution is -0.115.